The normalized spacial score (nSPS) is 13.8. The molecule has 4 nitrogen and oxygen atoms in total. The zero-order chi connectivity index (χ0) is 13.3. The summed E-state index contributed by atoms with van der Waals surface area (Å²) in [4.78, 5) is -0.110. The van der Waals surface area contributed by atoms with E-state index in [0.717, 1.165) is 30.5 Å². The van der Waals surface area contributed by atoms with Crippen LogP contribution in [-0.2, 0) is 9.84 Å². The molecule has 8 heteroatoms. The van der Waals surface area contributed by atoms with Gasteiger partial charge in [-0.25, -0.2) is 8.42 Å². The zero-order valence-corrected chi connectivity index (χ0v) is 9.38. The first-order chi connectivity index (χ1) is 7.66. The van der Waals surface area contributed by atoms with Crippen molar-refractivity contribution in [1.82, 2.24) is 0 Å². The van der Waals surface area contributed by atoms with Gasteiger partial charge in [-0.15, -0.1) is 0 Å². The summed E-state index contributed by atoms with van der Waals surface area (Å²) in [5.41, 5.74) is -1.88. The first-order valence-corrected chi connectivity index (χ1v) is 6.15. The largest absolute Gasteiger partial charge is 0.437 e. The maximum absolute atomic E-state index is 12.3. The molecule has 0 atom stereocenters. The fraction of sp³-hybridized carbons (Fsp3) is 0.222. The Kier molecular flexibility index (Phi) is 3.46. The van der Waals surface area contributed by atoms with E-state index in [-0.39, 0.29) is 4.90 Å². The maximum Gasteiger partial charge on any atom is 0.437 e. The first-order valence-electron chi connectivity index (χ1n) is 4.26. The van der Waals surface area contributed by atoms with Crippen LogP contribution in [0.15, 0.2) is 34.3 Å². The number of nitrogens with zero attached hydrogens (tertiary/aromatic N) is 1. The Morgan fingerprint density at radius 3 is 2.00 bits per heavy atom. The van der Waals surface area contributed by atoms with Gasteiger partial charge in [-0.3, -0.25) is 0 Å². The summed E-state index contributed by atoms with van der Waals surface area (Å²) in [6, 6.07) is 3.89. The first kappa shape index (κ1) is 13.5. The van der Waals surface area contributed by atoms with Gasteiger partial charge < -0.3 is 5.21 Å². The number of halogens is 3. The van der Waals surface area contributed by atoms with E-state index in [1.807, 2.05) is 0 Å². The van der Waals surface area contributed by atoms with Gasteiger partial charge in [0.25, 0.3) is 0 Å². The highest BCUT2D eigenvalue weighted by molar-refractivity contribution is 7.90. The summed E-state index contributed by atoms with van der Waals surface area (Å²) < 4.78 is 59.2. The smallest absolute Gasteiger partial charge is 0.410 e. The molecule has 0 aliphatic heterocycles. The molecule has 0 fully saturated rings. The highest BCUT2D eigenvalue weighted by atomic mass is 32.2. The van der Waals surface area contributed by atoms with E-state index in [2.05, 4.69) is 5.16 Å². The molecule has 0 saturated carbocycles. The number of oxime groups is 1. The van der Waals surface area contributed by atoms with Gasteiger partial charge in [0.1, 0.15) is 0 Å². The molecule has 1 N–H and O–H groups in total. The number of alkyl halides is 3. The molecule has 0 aliphatic carbocycles. The minimum absolute atomic E-state index is 0.110. The van der Waals surface area contributed by atoms with Crippen molar-refractivity contribution in [2.24, 2.45) is 5.16 Å². The lowest BCUT2D eigenvalue weighted by Gasteiger charge is -2.08. The van der Waals surface area contributed by atoms with Crippen molar-refractivity contribution < 1.29 is 26.8 Å². The van der Waals surface area contributed by atoms with Crippen LogP contribution in [0.3, 0.4) is 0 Å². The quantitative estimate of drug-likeness (QED) is 0.505. The molecule has 0 radical (unpaired) electrons. The predicted molar refractivity (Wildman–Crippen MR) is 53.9 cm³/mol. The van der Waals surface area contributed by atoms with Gasteiger partial charge >= 0.3 is 6.18 Å². The summed E-state index contributed by atoms with van der Waals surface area (Å²) in [6.45, 7) is 0. The van der Waals surface area contributed by atoms with Crippen molar-refractivity contribution in [3.05, 3.63) is 29.8 Å². The second kappa shape index (κ2) is 4.36. The van der Waals surface area contributed by atoms with E-state index in [0.29, 0.717) is 0 Å². The van der Waals surface area contributed by atoms with E-state index in [1.165, 1.54) is 0 Å². The van der Waals surface area contributed by atoms with E-state index < -0.39 is 27.3 Å². The van der Waals surface area contributed by atoms with Crippen molar-refractivity contribution in [2.45, 2.75) is 11.1 Å². The van der Waals surface area contributed by atoms with Crippen molar-refractivity contribution in [3.63, 3.8) is 0 Å². The molecule has 0 saturated heterocycles. The number of benzene rings is 1. The summed E-state index contributed by atoms with van der Waals surface area (Å²) >= 11 is 0. The molecule has 1 aromatic carbocycles. The molecule has 1 rings (SSSR count). The lowest BCUT2D eigenvalue weighted by Crippen LogP contribution is -2.24. The molecule has 17 heavy (non-hydrogen) atoms. The van der Waals surface area contributed by atoms with E-state index in [1.54, 1.807) is 0 Å². The highest BCUT2D eigenvalue weighted by Gasteiger charge is 2.37. The molecule has 0 aliphatic rings. The van der Waals surface area contributed by atoms with Gasteiger partial charge in [0.15, 0.2) is 15.5 Å². The van der Waals surface area contributed by atoms with Gasteiger partial charge in [0, 0.05) is 11.8 Å². The van der Waals surface area contributed by atoms with Crippen LogP contribution in [0.5, 0.6) is 0 Å². The Labute approximate surface area is 95.3 Å². The SMILES string of the molecule is CS(=O)(=O)c1ccc(C(=NO)C(F)(F)F)cc1. The van der Waals surface area contributed by atoms with Gasteiger partial charge in [0.05, 0.1) is 4.90 Å². The Morgan fingerprint density at radius 2 is 1.71 bits per heavy atom. The third kappa shape index (κ3) is 3.19. The molecular formula is C9H8F3NO3S. The summed E-state index contributed by atoms with van der Waals surface area (Å²) in [5.74, 6) is 0. The summed E-state index contributed by atoms with van der Waals surface area (Å²) in [7, 11) is -3.47. The van der Waals surface area contributed by atoms with Crippen molar-refractivity contribution in [2.75, 3.05) is 6.26 Å². The second-order valence-electron chi connectivity index (χ2n) is 3.24. The van der Waals surface area contributed by atoms with Gasteiger partial charge in [-0.05, 0) is 12.1 Å². The van der Waals surface area contributed by atoms with Gasteiger partial charge in [0.2, 0.25) is 0 Å². The minimum Gasteiger partial charge on any atom is -0.410 e. The Bertz CT molecular complexity index is 532. The Morgan fingerprint density at radius 1 is 1.24 bits per heavy atom. The molecule has 0 aromatic heterocycles. The van der Waals surface area contributed by atoms with E-state index >= 15 is 0 Å². The average molecular weight is 267 g/mol. The second-order valence-corrected chi connectivity index (χ2v) is 5.26. The predicted octanol–water partition coefficient (Wildman–Crippen LogP) is 1.83. The fourth-order valence-corrected chi connectivity index (χ4v) is 1.77. The fourth-order valence-electron chi connectivity index (χ4n) is 1.14. The van der Waals surface area contributed by atoms with Gasteiger partial charge in [-0.1, -0.05) is 17.3 Å². The van der Waals surface area contributed by atoms with Crippen LogP contribution >= 0.6 is 0 Å². The summed E-state index contributed by atoms with van der Waals surface area (Å²) in [5, 5.41) is 10.5. The number of hydrogen-bond donors (Lipinski definition) is 1. The molecule has 0 bridgehead atoms. The number of rotatable bonds is 2. The molecule has 1 aromatic rings. The zero-order valence-electron chi connectivity index (χ0n) is 8.56. The third-order valence-electron chi connectivity index (χ3n) is 1.92. The number of hydrogen-bond acceptors (Lipinski definition) is 4. The standard InChI is InChI=1S/C9H8F3NO3S/c1-17(15,16)7-4-2-6(3-5-7)8(13-14)9(10,11)12/h2-5,14H,1H3. The van der Waals surface area contributed by atoms with Crippen LogP contribution in [0.1, 0.15) is 5.56 Å². The molecule has 0 heterocycles. The third-order valence-corrected chi connectivity index (χ3v) is 3.05. The van der Waals surface area contributed by atoms with Crippen molar-refractivity contribution in [3.8, 4) is 0 Å². The van der Waals surface area contributed by atoms with Crippen LogP contribution in [-0.4, -0.2) is 31.8 Å². The van der Waals surface area contributed by atoms with Crippen LogP contribution in [0.2, 0.25) is 0 Å². The van der Waals surface area contributed by atoms with Gasteiger partial charge in [-0.2, -0.15) is 13.2 Å². The minimum atomic E-state index is -4.80. The van der Waals surface area contributed by atoms with E-state index in [9.17, 15) is 21.6 Å². The molecule has 0 spiro atoms. The lowest BCUT2D eigenvalue weighted by molar-refractivity contribution is -0.0601. The lowest BCUT2D eigenvalue weighted by atomic mass is 10.1. The topological polar surface area (TPSA) is 66.7 Å². The van der Waals surface area contributed by atoms with E-state index in [4.69, 9.17) is 5.21 Å². The summed E-state index contributed by atoms with van der Waals surface area (Å²) in [6.07, 6.45) is -3.87. The molecule has 0 amide bonds. The van der Waals surface area contributed by atoms with Crippen molar-refractivity contribution >= 4 is 15.5 Å². The maximum atomic E-state index is 12.3. The number of sulfone groups is 1. The van der Waals surface area contributed by atoms with Crippen LogP contribution in [0.25, 0.3) is 0 Å². The Hall–Kier alpha value is -1.57. The monoisotopic (exact) mass is 267 g/mol. The molecular weight excluding hydrogens is 259 g/mol. The Balaban J connectivity index is 3.20. The van der Waals surface area contributed by atoms with Crippen molar-refractivity contribution in [1.29, 1.82) is 0 Å². The molecule has 94 valence electrons. The average Bonchev–Trinajstić information content (AvgIpc) is 2.16. The molecule has 0 unspecified atom stereocenters. The van der Waals surface area contributed by atoms with Crippen LogP contribution in [0.4, 0.5) is 13.2 Å². The highest BCUT2D eigenvalue weighted by Crippen LogP contribution is 2.23. The van der Waals surface area contributed by atoms with Crippen LogP contribution < -0.4 is 0 Å². The van der Waals surface area contributed by atoms with Crippen LogP contribution in [0, 0.1) is 0 Å².